The minimum Gasteiger partial charge on any atom is -0.481 e. The van der Waals surface area contributed by atoms with E-state index in [4.69, 9.17) is 5.11 Å². The van der Waals surface area contributed by atoms with Crippen molar-refractivity contribution in [2.75, 3.05) is 6.54 Å². The molecular formula is C10H17NO3. The van der Waals surface area contributed by atoms with E-state index in [9.17, 15) is 9.59 Å². The SMILES string of the molecule is CCN1C(=O)C[C@H](C(=O)O)[C@H]1C(C)C. The molecule has 0 aromatic rings. The molecule has 0 radical (unpaired) electrons. The average molecular weight is 199 g/mol. The number of aliphatic carboxylic acids is 1. The summed E-state index contributed by atoms with van der Waals surface area (Å²) >= 11 is 0. The Balaban J connectivity index is 2.90. The number of carbonyl (C=O) groups excluding carboxylic acids is 1. The van der Waals surface area contributed by atoms with Crippen LogP contribution in [0.25, 0.3) is 0 Å². The number of hydrogen-bond donors (Lipinski definition) is 1. The normalized spacial score (nSPS) is 27.4. The fraction of sp³-hybridized carbons (Fsp3) is 0.800. The zero-order chi connectivity index (χ0) is 10.9. The molecule has 0 aliphatic carbocycles. The highest BCUT2D eigenvalue weighted by molar-refractivity contribution is 5.87. The monoisotopic (exact) mass is 199 g/mol. The third kappa shape index (κ3) is 1.74. The molecule has 4 nitrogen and oxygen atoms in total. The first-order valence-corrected chi connectivity index (χ1v) is 5.01. The van der Waals surface area contributed by atoms with Crippen LogP contribution >= 0.6 is 0 Å². The molecule has 1 saturated heterocycles. The second-order valence-corrected chi connectivity index (χ2v) is 4.06. The summed E-state index contributed by atoms with van der Waals surface area (Å²) in [6.45, 7) is 6.41. The van der Waals surface area contributed by atoms with Crippen molar-refractivity contribution >= 4 is 11.9 Å². The Hall–Kier alpha value is -1.06. The van der Waals surface area contributed by atoms with Gasteiger partial charge in [-0.05, 0) is 12.8 Å². The number of carboxylic acids is 1. The van der Waals surface area contributed by atoms with Gasteiger partial charge in [0.15, 0.2) is 0 Å². The molecule has 1 heterocycles. The Labute approximate surface area is 83.9 Å². The van der Waals surface area contributed by atoms with Crippen LogP contribution in [0.15, 0.2) is 0 Å². The summed E-state index contributed by atoms with van der Waals surface area (Å²) in [6.07, 6.45) is 0.159. The van der Waals surface area contributed by atoms with Gasteiger partial charge in [-0.1, -0.05) is 13.8 Å². The van der Waals surface area contributed by atoms with Crippen molar-refractivity contribution in [3.63, 3.8) is 0 Å². The lowest BCUT2D eigenvalue weighted by atomic mass is 9.91. The molecule has 1 amide bonds. The number of nitrogens with zero attached hydrogens (tertiary/aromatic N) is 1. The lowest BCUT2D eigenvalue weighted by Gasteiger charge is -2.28. The average Bonchev–Trinajstić information content (AvgIpc) is 2.42. The van der Waals surface area contributed by atoms with Crippen molar-refractivity contribution in [3.05, 3.63) is 0 Å². The number of amides is 1. The predicted octanol–water partition coefficient (Wildman–Crippen LogP) is 0.964. The van der Waals surface area contributed by atoms with Gasteiger partial charge in [-0.3, -0.25) is 9.59 Å². The Morgan fingerprint density at radius 1 is 1.64 bits per heavy atom. The molecular weight excluding hydrogens is 182 g/mol. The smallest absolute Gasteiger partial charge is 0.309 e. The number of likely N-dealkylation sites (tertiary alicyclic amines) is 1. The van der Waals surface area contributed by atoms with Gasteiger partial charge < -0.3 is 10.0 Å². The van der Waals surface area contributed by atoms with E-state index in [1.54, 1.807) is 4.90 Å². The zero-order valence-corrected chi connectivity index (χ0v) is 8.86. The molecule has 1 rings (SSSR count). The van der Waals surface area contributed by atoms with E-state index < -0.39 is 11.9 Å². The number of carbonyl (C=O) groups is 2. The van der Waals surface area contributed by atoms with E-state index in [1.807, 2.05) is 20.8 Å². The molecule has 2 atom stereocenters. The maximum atomic E-state index is 11.5. The molecule has 14 heavy (non-hydrogen) atoms. The van der Waals surface area contributed by atoms with E-state index in [0.29, 0.717) is 6.54 Å². The van der Waals surface area contributed by atoms with Gasteiger partial charge in [0.05, 0.1) is 5.92 Å². The Morgan fingerprint density at radius 3 is 2.57 bits per heavy atom. The van der Waals surface area contributed by atoms with Gasteiger partial charge in [0, 0.05) is 19.0 Å². The summed E-state index contributed by atoms with van der Waals surface area (Å²) in [5, 5.41) is 8.98. The Morgan fingerprint density at radius 2 is 2.21 bits per heavy atom. The van der Waals surface area contributed by atoms with Crippen molar-refractivity contribution in [2.45, 2.75) is 33.2 Å². The minimum atomic E-state index is -0.854. The van der Waals surface area contributed by atoms with E-state index in [-0.39, 0.29) is 24.3 Å². The largest absolute Gasteiger partial charge is 0.481 e. The van der Waals surface area contributed by atoms with Crippen LogP contribution < -0.4 is 0 Å². The number of hydrogen-bond acceptors (Lipinski definition) is 2. The van der Waals surface area contributed by atoms with Gasteiger partial charge in [0.25, 0.3) is 0 Å². The molecule has 0 aromatic carbocycles. The van der Waals surface area contributed by atoms with E-state index in [2.05, 4.69) is 0 Å². The number of carboxylic acid groups (broad SMARTS) is 1. The van der Waals surface area contributed by atoms with Gasteiger partial charge in [-0.25, -0.2) is 0 Å². The summed E-state index contributed by atoms with van der Waals surface area (Å²) in [6, 6.07) is -0.134. The molecule has 0 bridgehead atoms. The van der Waals surface area contributed by atoms with Crippen LogP contribution in [0.3, 0.4) is 0 Å². The van der Waals surface area contributed by atoms with E-state index in [1.165, 1.54) is 0 Å². The molecule has 1 N–H and O–H groups in total. The molecule has 0 aromatic heterocycles. The van der Waals surface area contributed by atoms with Gasteiger partial charge in [0.1, 0.15) is 0 Å². The molecule has 1 aliphatic heterocycles. The molecule has 0 spiro atoms. The second kappa shape index (κ2) is 3.98. The molecule has 4 heteroatoms. The lowest BCUT2D eigenvalue weighted by Crippen LogP contribution is -2.40. The van der Waals surface area contributed by atoms with Gasteiger partial charge in [0.2, 0.25) is 5.91 Å². The molecule has 1 fully saturated rings. The fourth-order valence-electron chi connectivity index (χ4n) is 2.25. The Kier molecular flexibility index (Phi) is 3.13. The maximum absolute atomic E-state index is 11.5. The topological polar surface area (TPSA) is 57.6 Å². The summed E-state index contributed by atoms with van der Waals surface area (Å²) in [5.41, 5.74) is 0. The predicted molar refractivity (Wildman–Crippen MR) is 51.8 cm³/mol. The van der Waals surface area contributed by atoms with E-state index in [0.717, 1.165) is 0 Å². The first kappa shape index (κ1) is 11.0. The molecule has 80 valence electrons. The summed E-state index contributed by atoms with van der Waals surface area (Å²) in [7, 11) is 0. The first-order chi connectivity index (χ1) is 6.49. The van der Waals surface area contributed by atoms with Crippen LogP contribution in [0.2, 0.25) is 0 Å². The van der Waals surface area contributed by atoms with Crippen LogP contribution in [-0.4, -0.2) is 34.5 Å². The van der Waals surface area contributed by atoms with Crippen molar-refractivity contribution < 1.29 is 14.7 Å². The van der Waals surface area contributed by atoms with E-state index >= 15 is 0 Å². The van der Waals surface area contributed by atoms with Crippen molar-refractivity contribution in [2.24, 2.45) is 11.8 Å². The lowest BCUT2D eigenvalue weighted by molar-refractivity contribution is -0.143. The second-order valence-electron chi connectivity index (χ2n) is 4.06. The van der Waals surface area contributed by atoms with Crippen LogP contribution in [0.1, 0.15) is 27.2 Å². The van der Waals surface area contributed by atoms with Crippen LogP contribution in [0.4, 0.5) is 0 Å². The highest BCUT2D eigenvalue weighted by atomic mass is 16.4. The molecule has 0 saturated carbocycles. The quantitative estimate of drug-likeness (QED) is 0.736. The van der Waals surface area contributed by atoms with Crippen LogP contribution in [0.5, 0.6) is 0 Å². The summed E-state index contributed by atoms with van der Waals surface area (Å²) in [5.74, 6) is -1.21. The summed E-state index contributed by atoms with van der Waals surface area (Å²) in [4.78, 5) is 24.1. The van der Waals surface area contributed by atoms with Gasteiger partial charge >= 0.3 is 5.97 Å². The minimum absolute atomic E-state index is 0.0291. The standard InChI is InChI=1S/C10H17NO3/c1-4-11-8(12)5-7(10(13)14)9(11)6(2)3/h6-7,9H,4-5H2,1-3H3,(H,13,14)/t7-,9+/m0/s1. The van der Waals surface area contributed by atoms with Crippen molar-refractivity contribution in [1.29, 1.82) is 0 Å². The van der Waals surface area contributed by atoms with Crippen LogP contribution in [0, 0.1) is 11.8 Å². The highest BCUT2D eigenvalue weighted by Gasteiger charge is 2.44. The van der Waals surface area contributed by atoms with Crippen molar-refractivity contribution in [1.82, 2.24) is 4.90 Å². The fourth-order valence-corrected chi connectivity index (χ4v) is 2.25. The van der Waals surface area contributed by atoms with Crippen LogP contribution in [-0.2, 0) is 9.59 Å². The molecule has 1 aliphatic rings. The summed E-state index contributed by atoms with van der Waals surface area (Å²) < 4.78 is 0. The van der Waals surface area contributed by atoms with Gasteiger partial charge in [-0.2, -0.15) is 0 Å². The third-order valence-electron chi connectivity index (χ3n) is 2.83. The highest BCUT2D eigenvalue weighted by Crippen LogP contribution is 2.30. The molecule has 0 unspecified atom stereocenters. The Bertz CT molecular complexity index is 250. The zero-order valence-electron chi connectivity index (χ0n) is 8.86. The van der Waals surface area contributed by atoms with Gasteiger partial charge in [-0.15, -0.1) is 0 Å². The first-order valence-electron chi connectivity index (χ1n) is 5.01. The third-order valence-corrected chi connectivity index (χ3v) is 2.83. The van der Waals surface area contributed by atoms with Crippen molar-refractivity contribution in [3.8, 4) is 0 Å². The maximum Gasteiger partial charge on any atom is 0.309 e. The number of rotatable bonds is 3.